The number of aromatic nitrogens is 6. The first-order chi connectivity index (χ1) is 16.6. The monoisotopic (exact) mass is 458 g/mol. The lowest BCUT2D eigenvalue weighted by Crippen LogP contribution is -2.05. The van der Waals surface area contributed by atoms with E-state index < -0.39 is 0 Å². The third kappa shape index (κ3) is 3.90. The molecule has 34 heavy (non-hydrogen) atoms. The molecule has 0 aliphatic carbocycles. The van der Waals surface area contributed by atoms with Gasteiger partial charge in [-0.05, 0) is 50.2 Å². The van der Waals surface area contributed by atoms with E-state index in [0.29, 0.717) is 41.4 Å². The van der Waals surface area contributed by atoms with E-state index >= 15 is 0 Å². The highest BCUT2D eigenvalue weighted by Crippen LogP contribution is 2.31. The summed E-state index contributed by atoms with van der Waals surface area (Å²) in [5.74, 6) is 3.38. The Morgan fingerprint density at radius 1 is 0.912 bits per heavy atom. The Kier molecular flexibility index (Phi) is 5.54. The van der Waals surface area contributed by atoms with Gasteiger partial charge < -0.3 is 18.4 Å². The molecule has 10 nitrogen and oxygen atoms in total. The molecule has 5 aromatic rings. The SMILES string of the molecule is COc1ccc(-c2noc(-c3nnn(Cc4nc(-c5ccccc5OC)oc4C)c3C)n2)cc1. The van der Waals surface area contributed by atoms with Gasteiger partial charge >= 0.3 is 0 Å². The van der Waals surface area contributed by atoms with Crippen LogP contribution in [0.15, 0.2) is 57.5 Å². The highest BCUT2D eigenvalue weighted by molar-refractivity contribution is 5.63. The van der Waals surface area contributed by atoms with Gasteiger partial charge in [-0.2, -0.15) is 4.98 Å². The van der Waals surface area contributed by atoms with Crippen LogP contribution in [0.4, 0.5) is 0 Å². The predicted octanol–water partition coefficient (Wildman–Crippen LogP) is 4.33. The maximum absolute atomic E-state index is 5.91. The summed E-state index contributed by atoms with van der Waals surface area (Å²) in [7, 11) is 3.24. The number of aryl methyl sites for hydroxylation is 1. The molecule has 0 saturated heterocycles. The van der Waals surface area contributed by atoms with Crippen molar-refractivity contribution in [2.75, 3.05) is 14.2 Å². The van der Waals surface area contributed by atoms with Gasteiger partial charge in [0.15, 0.2) is 5.69 Å². The predicted molar refractivity (Wildman–Crippen MR) is 122 cm³/mol. The van der Waals surface area contributed by atoms with Gasteiger partial charge in [0.05, 0.1) is 32.0 Å². The Morgan fingerprint density at radius 2 is 1.71 bits per heavy atom. The average molecular weight is 458 g/mol. The molecule has 0 radical (unpaired) electrons. The zero-order valence-electron chi connectivity index (χ0n) is 19.1. The summed E-state index contributed by atoms with van der Waals surface area (Å²) in [4.78, 5) is 9.15. The second kappa shape index (κ2) is 8.81. The highest BCUT2D eigenvalue weighted by atomic mass is 16.5. The summed E-state index contributed by atoms with van der Waals surface area (Å²) in [6.45, 7) is 4.14. The van der Waals surface area contributed by atoms with Crippen molar-refractivity contribution in [3.8, 4) is 45.9 Å². The fourth-order valence-electron chi connectivity index (χ4n) is 3.54. The zero-order valence-corrected chi connectivity index (χ0v) is 19.1. The fourth-order valence-corrected chi connectivity index (χ4v) is 3.54. The number of rotatable bonds is 7. The molecule has 0 fully saturated rings. The molecule has 0 aliphatic rings. The van der Waals surface area contributed by atoms with E-state index in [1.54, 1.807) is 18.9 Å². The van der Waals surface area contributed by atoms with Gasteiger partial charge in [0.2, 0.25) is 11.7 Å². The summed E-state index contributed by atoms with van der Waals surface area (Å²) < 4.78 is 23.7. The third-order valence-electron chi connectivity index (χ3n) is 5.49. The maximum Gasteiger partial charge on any atom is 0.280 e. The smallest absolute Gasteiger partial charge is 0.280 e. The maximum atomic E-state index is 5.91. The number of hydrogen-bond acceptors (Lipinski definition) is 9. The van der Waals surface area contributed by atoms with E-state index in [1.165, 1.54) is 0 Å². The van der Waals surface area contributed by atoms with Crippen molar-refractivity contribution in [2.45, 2.75) is 20.4 Å². The van der Waals surface area contributed by atoms with Crippen LogP contribution in [0.1, 0.15) is 17.1 Å². The molecule has 0 spiro atoms. The molecule has 0 N–H and O–H groups in total. The molecule has 0 atom stereocenters. The van der Waals surface area contributed by atoms with Crippen molar-refractivity contribution < 1.29 is 18.4 Å². The van der Waals surface area contributed by atoms with Crippen LogP contribution in [0.2, 0.25) is 0 Å². The number of para-hydroxylation sites is 1. The zero-order chi connectivity index (χ0) is 23.7. The van der Waals surface area contributed by atoms with Crippen LogP contribution in [0.25, 0.3) is 34.4 Å². The van der Waals surface area contributed by atoms with E-state index in [4.69, 9.17) is 18.4 Å². The van der Waals surface area contributed by atoms with Crippen molar-refractivity contribution in [1.29, 1.82) is 0 Å². The summed E-state index contributed by atoms with van der Waals surface area (Å²) in [6.07, 6.45) is 0. The van der Waals surface area contributed by atoms with Gasteiger partial charge in [-0.15, -0.1) is 5.10 Å². The normalized spacial score (nSPS) is 11.1. The molecule has 0 unspecified atom stereocenters. The molecule has 172 valence electrons. The van der Waals surface area contributed by atoms with E-state index in [-0.39, 0.29) is 0 Å². The first-order valence-electron chi connectivity index (χ1n) is 10.6. The molecule has 0 amide bonds. The van der Waals surface area contributed by atoms with Crippen molar-refractivity contribution in [1.82, 2.24) is 30.1 Å². The minimum atomic E-state index is 0.293. The molecule has 5 rings (SSSR count). The average Bonchev–Trinajstić information content (AvgIpc) is 3.59. The van der Waals surface area contributed by atoms with Gasteiger partial charge in [0.25, 0.3) is 5.89 Å². The Balaban J connectivity index is 1.39. The molecule has 0 saturated carbocycles. The largest absolute Gasteiger partial charge is 0.497 e. The van der Waals surface area contributed by atoms with Crippen molar-refractivity contribution in [3.63, 3.8) is 0 Å². The van der Waals surface area contributed by atoms with E-state index in [1.807, 2.05) is 62.4 Å². The number of methoxy groups -OCH3 is 2. The second-order valence-electron chi connectivity index (χ2n) is 7.55. The number of benzene rings is 2. The topological polar surface area (TPSA) is 114 Å². The first-order valence-corrected chi connectivity index (χ1v) is 10.6. The van der Waals surface area contributed by atoms with Crippen molar-refractivity contribution in [3.05, 3.63) is 65.7 Å². The standard InChI is InChI=1S/C24H22N6O4/c1-14-21(24-26-22(28-34-24)16-9-11-17(31-3)12-10-16)27-29-30(14)13-19-15(2)33-23(25-19)18-7-5-6-8-20(18)32-4/h5-12H,13H2,1-4H3. The second-order valence-corrected chi connectivity index (χ2v) is 7.55. The molecule has 3 heterocycles. The number of ether oxygens (including phenoxy) is 2. The molecule has 0 aliphatic heterocycles. The van der Waals surface area contributed by atoms with Crippen LogP contribution >= 0.6 is 0 Å². The molecular weight excluding hydrogens is 436 g/mol. The van der Waals surface area contributed by atoms with Crippen LogP contribution < -0.4 is 9.47 Å². The Bertz CT molecular complexity index is 1430. The Morgan fingerprint density at radius 3 is 2.47 bits per heavy atom. The van der Waals surface area contributed by atoms with Crippen molar-refractivity contribution in [2.24, 2.45) is 0 Å². The van der Waals surface area contributed by atoms with Gasteiger partial charge in [0, 0.05) is 5.56 Å². The van der Waals surface area contributed by atoms with Crippen LogP contribution in [-0.2, 0) is 6.54 Å². The quantitative estimate of drug-likeness (QED) is 0.351. The summed E-state index contributed by atoms with van der Waals surface area (Å²) >= 11 is 0. The van der Waals surface area contributed by atoms with E-state index in [0.717, 1.165) is 28.3 Å². The summed E-state index contributed by atoms with van der Waals surface area (Å²) in [6, 6.07) is 15.0. The molecule has 3 aromatic heterocycles. The third-order valence-corrected chi connectivity index (χ3v) is 5.49. The number of oxazole rings is 1. The minimum absolute atomic E-state index is 0.293. The van der Waals surface area contributed by atoms with Crippen molar-refractivity contribution >= 4 is 0 Å². The van der Waals surface area contributed by atoms with Crippen LogP contribution in [0.5, 0.6) is 11.5 Å². The number of nitrogens with zero attached hydrogens (tertiary/aromatic N) is 6. The summed E-state index contributed by atoms with van der Waals surface area (Å²) in [5.41, 5.74) is 3.62. The first kappa shape index (κ1) is 21.4. The lowest BCUT2D eigenvalue weighted by molar-refractivity contribution is 0.414. The summed E-state index contributed by atoms with van der Waals surface area (Å²) in [5, 5.41) is 12.6. The van der Waals surface area contributed by atoms with Crippen LogP contribution in [-0.4, -0.2) is 44.3 Å². The lowest BCUT2D eigenvalue weighted by Gasteiger charge is -2.03. The molecule has 2 aromatic carbocycles. The highest BCUT2D eigenvalue weighted by Gasteiger charge is 2.21. The Hall–Kier alpha value is -4.47. The molecule has 0 bridgehead atoms. The van der Waals surface area contributed by atoms with Crippen LogP contribution in [0, 0.1) is 13.8 Å². The van der Waals surface area contributed by atoms with Gasteiger partial charge in [-0.25, -0.2) is 9.67 Å². The lowest BCUT2D eigenvalue weighted by atomic mass is 10.2. The Labute approximate surface area is 195 Å². The van der Waals surface area contributed by atoms with E-state index in [2.05, 4.69) is 25.4 Å². The number of hydrogen-bond donors (Lipinski definition) is 0. The van der Waals surface area contributed by atoms with Crippen LogP contribution in [0.3, 0.4) is 0 Å². The minimum Gasteiger partial charge on any atom is -0.497 e. The molecular formula is C24H22N6O4. The fraction of sp³-hybridized carbons (Fsp3) is 0.208. The van der Waals surface area contributed by atoms with Gasteiger partial charge in [0.1, 0.15) is 23.0 Å². The van der Waals surface area contributed by atoms with Gasteiger partial charge in [-0.3, -0.25) is 0 Å². The van der Waals surface area contributed by atoms with E-state index in [9.17, 15) is 0 Å². The molecule has 10 heteroatoms. The van der Waals surface area contributed by atoms with Gasteiger partial charge in [-0.1, -0.05) is 22.5 Å².